The van der Waals surface area contributed by atoms with Crippen LogP contribution in [0.15, 0.2) is 73.1 Å². The van der Waals surface area contributed by atoms with Gasteiger partial charge in [0.25, 0.3) is 5.91 Å². The van der Waals surface area contributed by atoms with Crippen LogP contribution in [0.4, 0.5) is 0 Å². The summed E-state index contributed by atoms with van der Waals surface area (Å²) in [6.07, 6.45) is 10.4. The summed E-state index contributed by atoms with van der Waals surface area (Å²) in [4.78, 5) is 20.3. The number of amides is 1. The fraction of sp³-hybridized carbons (Fsp3) is 0.357. The molecule has 0 bridgehead atoms. The molecule has 1 aromatic heterocycles. The molecule has 1 amide bonds. The lowest BCUT2D eigenvalue weighted by molar-refractivity contribution is 0.0843. The van der Waals surface area contributed by atoms with Gasteiger partial charge in [0, 0.05) is 48.7 Å². The smallest absolute Gasteiger partial charge is 0.252 e. The van der Waals surface area contributed by atoms with Gasteiger partial charge in [0.2, 0.25) is 0 Å². The molecule has 4 nitrogen and oxygen atoms in total. The molecule has 32 heavy (non-hydrogen) atoms. The number of fused-ring (bicyclic) bond motifs is 1. The molecule has 0 unspecified atom stereocenters. The van der Waals surface area contributed by atoms with Crippen molar-refractivity contribution < 1.29 is 4.79 Å². The Labute approximate surface area is 190 Å². The van der Waals surface area contributed by atoms with Crippen molar-refractivity contribution in [2.45, 2.75) is 57.2 Å². The summed E-state index contributed by atoms with van der Waals surface area (Å²) < 4.78 is 0. The van der Waals surface area contributed by atoms with Crippen LogP contribution in [-0.2, 0) is 13.1 Å². The SMILES string of the molecule is O=C(NC1(CCN2Cc3ccccc3C2)CCCCC1)c1ccccc1-c1cccnc1. The van der Waals surface area contributed by atoms with Gasteiger partial charge in [-0.05, 0) is 48.1 Å². The Morgan fingerprint density at radius 2 is 1.62 bits per heavy atom. The molecule has 164 valence electrons. The predicted molar refractivity (Wildman–Crippen MR) is 128 cm³/mol. The van der Waals surface area contributed by atoms with Gasteiger partial charge >= 0.3 is 0 Å². The Kier molecular flexibility index (Phi) is 6.04. The van der Waals surface area contributed by atoms with Crippen LogP contribution in [0.5, 0.6) is 0 Å². The van der Waals surface area contributed by atoms with E-state index in [4.69, 9.17) is 0 Å². The van der Waals surface area contributed by atoms with Crippen LogP contribution >= 0.6 is 0 Å². The Bertz CT molecular complexity index is 1050. The molecule has 1 aliphatic heterocycles. The molecule has 2 aliphatic rings. The number of benzene rings is 2. The summed E-state index contributed by atoms with van der Waals surface area (Å²) in [7, 11) is 0. The summed E-state index contributed by atoms with van der Waals surface area (Å²) in [6.45, 7) is 3.05. The average molecular weight is 426 g/mol. The van der Waals surface area contributed by atoms with Crippen LogP contribution in [0, 0.1) is 0 Å². The van der Waals surface area contributed by atoms with Gasteiger partial charge in [-0.15, -0.1) is 0 Å². The van der Waals surface area contributed by atoms with Crippen molar-refractivity contribution >= 4 is 5.91 Å². The zero-order valence-corrected chi connectivity index (χ0v) is 18.6. The van der Waals surface area contributed by atoms with Gasteiger partial charge in [0.1, 0.15) is 0 Å². The first-order valence-corrected chi connectivity index (χ1v) is 11.8. The van der Waals surface area contributed by atoms with Gasteiger partial charge in [0.15, 0.2) is 0 Å². The molecule has 1 saturated carbocycles. The number of nitrogens with one attached hydrogen (secondary N) is 1. The highest BCUT2D eigenvalue weighted by Gasteiger charge is 2.35. The second-order valence-corrected chi connectivity index (χ2v) is 9.31. The van der Waals surface area contributed by atoms with Crippen LogP contribution in [0.1, 0.15) is 60.0 Å². The van der Waals surface area contributed by atoms with Crippen LogP contribution in [-0.4, -0.2) is 27.9 Å². The third kappa shape index (κ3) is 4.46. The lowest BCUT2D eigenvalue weighted by atomic mass is 9.78. The van der Waals surface area contributed by atoms with Gasteiger partial charge < -0.3 is 5.32 Å². The van der Waals surface area contributed by atoms with Crippen molar-refractivity contribution in [3.63, 3.8) is 0 Å². The molecule has 5 rings (SSSR count). The van der Waals surface area contributed by atoms with Gasteiger partial charge in [0.05, 0.1) is 0 Å². The number of aromatic nitrogens is 1. The number of nitrogens with zero attached hydrogens (tertiary/aromatic N) is 2. The summed E-state index contributed by atoms with van der Waals surface area (Å²) >= 11 is 0. The second-order valence-electron chi connectivity index (χ2n) is 9.31. The van der Waals surface area contributed by atoms with Crippen LogP contribution in [0.25, 0.3) is 11.1 Å². The maximum Gasteiger partial charge on any atom is 0.252 e. The first-order chi connectivity index (χ1) is 15.7. The molecule has 3 aromatic rings. The summed E-state index contributed by atoms with van der Waals surface area (Å²) in [5.74, 6) is 0.0380. The van der Waals surface area contributed by atoms with E-state index >= 15 is 0 Å². The molecule has 1 aliphatic carbocycles. The molecule has 2 aromatic carbocycles. The Balaban J connectivity index is 1.32. The van der Waals surface area contributed by atoms with E-state index in [0.717, 1.165) is 55.6 Å². The molecular weight excluding hydrogens is 394 g/mol. The van der Waals surface area contributed by atoms with Crippen LogP contribution in [0.2, 0.25) is 0 Å². The molecule has 0 saturated heterocycles. The third-order valence-corrected chi connectivity index (χ3v) is 7.15. The maximum atomic E-state index is 13.5. The third-order valence-electron chi connectivity index (χ3n) is 7.15. The van der Waals surface area contributed by atoms with Crippen molar-refractivity contribution in [3.8, 4) is 11.1 Å². The van der Waals surface area contributed by atoms with E-state index in [1.54, 1.807) is 6.20 Å². The van der Waals surface area contributed by atoms with Gasteiger partial charge in [-0.25, -0.2) is 0 Å². The van der Waals surface area contributed by atoms with Crippen LogP contribution in [0.3, 0.4) is 0 Å². The zero-order valence-electron chi connectivity index (χ0n) is 18.6. The lowest BCUT2D eigenvalue weighted by Crippen LogP contribution is -2.51. The monoisotopic (exact) mass is 425 g/mol. The molecule has 1 fully saturated rings. The van der Waals surface area contributed by atoms with Crippen molar-refractivity contribution in [1.82, 2.24) is 15.2 Å². The minimum atomic E-state index is -0.119. The summed E-state index contributed by atoms with van der Waals surface area (Å²) in [5.41, 5.74) is 5.43. The quantitative estimate of drug-likeness (QED) is 0.560. The van der Waals surface area contributed by atoms with E-state index in [9.17, 15) is 4.79 Å². The highest BCUT2D eigenvalue weighted by Crippen LogP contribution is 2.34. The average Bonchev–Trinajstić information content (AvgIpc) is 3.27. The minimum absolute atomic E-state index is 0.0380. The summed E-state index contributed by atoms with van der Waals surface area (Å²) in [6, 6.07) is 20.6. The highest BCUT2D eigenvalue weighted by molar-refractivity contribution is 6.01. The number of rotatable bonds is 6. The molecule has 4 heteroatoms. The van der Waals surface area contributed by atoms with Crippen molar-refractivity contribution in [2.75, 3.05) is 6.54 Å². The number of hydrogen-bond donors (Lipinski definition) is 1. The molecule has 0 radical (unpaired) electrons. The first kappa shape index (κ1) is 20.9. The van der Waals surface area contributed by atoms with Gasteiger partial charge in [-0.1, -0.05) is 67.8 Å². The molecule has 0 atom stereocenters. The van der Waals surface area contributed by atoms with Crippen molar-refractivity contribution in [2.24, 2.45) is 0 Å². The second kappa shape index (κ2) is 9.25. The first-order valence-electron chi connectivity index (χ1n) is 11.8. The number of hydrogen-bond acceptors (Lipinski definition) is 3. The van der Waals surface area contributed by atoms with E-state index in [1.165, 1.54) is 30.4 Å². The Morgan fingerprint density at radius 1 is 0.906 bits per heavy atom. The molecule has 0 spiro atoms. The van der Waals surface area contributed by atoms with E-state index < -0.39 is 0 Å². The Morgan fingerprint density at radius 3 is 2.34 bits per heavy atom. The maximum absolute atomic E-state index is 13.5. The normalized spacial score (nSPS) is 17.6. The molecular formula is C28H31N3O. The van der Waals surface area contributed by atoms with E-state index in [-0.39, 0.29) is 11.4 Å². The van der Waals surface area contributed by atoms with Gasteiger partial charge in [-0.3, -0.25) is 14.7 Å². The topological polar surface area (TPSA) is 45.2 Å². The Hall–Kier alpha value is -2.98. The van der Waals surface area contributed by atoms with E-state index in [1.807, 2.05) is 42.6 Å². The number of carbonyl (C=O) groups excluding carboxylic acids is 1. The predicted octanol–water partition coefficient (Wildman–Crippen LogP) is 5.59. The largest absolute Gasteiger partial charge is 0.347 e. The fourth-order valence-corrected chi connectivity index (χ4v) is 5.36. The minimum Gasteiger partial charge on any atom is -0.347 e. The van der Waals surface area contributed by atoms with Crippen molar-refractivity contribution in [1.29, 1.82) is 0 Å². The zero-order chi connectivity index (χ0) is 21.8. The van der Waals surface area contributed by atoms with Crippen LogP contribution < -0.4 is 5.32 Å². The highest BCUT2D eigenvalue weighted by atomic mass is 16.1. The lowest BCUT2D eigenvalue weighted by Gasteiger charge is -2.39. The van der Waals surface area contributed by atoms with E-state index in [2.05, 4.69) is 39.5 Å². The molecule has 1 N–H and O–H groups in total. The summed E-state index contributed by atoms with van der Waals surface area (Å²) in [5, 5.41) is 3.52. The van der Waals surface area contributed by atoms with E-state index in [0.29, 0.717) is 0 Å². The standard InChI is InChI=1S/C28H31N3O/c32-27(26-13-5-4-12-25(26)22-11-8-17-29-19-22)30-28(14-6-1-7-15-28)16-18-31-20-23-9-2-3-10-24(23)21-31/h2-5,8-13,17,19H,1,6-7,14-16,18,20-21H2,(H,30,32). The number of pyridine rings is 1. The fourth-order valence-electron chi connectivity index (χ4n) is 5.36. The van der Waals surface area contributed by atoms with Gasteiger partial charge in [-0.2, -0.15) is 0 Å². The van der Waals surface area contributed by atoms with Crippen molar-refractivity contribution in [3.05, 3.63) is 89.7 Å². The number of carbonyl (C=O) groups is 1. The molecule has 2 heterocycles.